The molecule has 1 unspecified atom stereocenters. The number of esters is 3. The van der Waals surface area contributed by atoms with Gasteiger partial charge in [-0.1, -0.05) is 308 Å². The van der Waals surface area contributed by atoms with Crippen LogP contribution in [0, 0.1) is 0 Å². The molecular formula is C68H128O6. The third kappa shape index (κ3) is 60.8. The van der Waals surface area contributed by atoms with Crippen LogP contribution in [0.2, 0.25) is 0 Å². The Morgan fingerprint density at radius 2 is 0.446 bits per heavy atom. The molecule has 6 heteroatoms. The molecule has 0 rings (SSSR count). The van der Waals surface area contributed by atoms with E-state index in [0.29, 0.717) is 19.3 Å². The van der Waals surface area contributed by atoms with E-state index in [1.54, 1.807) is 0 Å². The van der Waals surface area contributed by atoms with Gasteiger partial charge in [-0.15, -0.1) is 0 Å². The molecular weight excluding hydrogens is 913 g/mol. The summed E-state index contributed by atoms with van der Waals surface area (Å²) >= 11 is 0. The van der Waals surface area contributed by atoms with E-state index in [0.717, 1.165) is 64.2 Å². The van der Waals surface area contributed by atoms with Gasteiger partial charge in [0.25, 0.3) is 0 Å². The number of rotatable bonds is 62. The van der Waals surface area contributed by atoms with Gasteiger partial charge in [0.2, 0.25) is 0 Å². The maximum absolute atomic E-state index is 12.9. The Kier molecular flexibility index (Phi) is 61.6. The van der Waals surface area contributed by atoms with Crippen molar-refractivity contribution in [2.24, 2.45) is 0 Å². The summed E-state index contributed by atoms with van der Waals surface area (Å²) in [7, 11) is 0. The lowest BCUT2D eigenvalue weighted by Crippen LogP contribution is -2.30. The summed E-state index contributed by atoms with van der Waals surface area (Å²) in [5.41, 5.74) is 0. The molecule has 0 aromatic carbocycles. The van der Waals surface area contributed by atoms with E-state index in [1.807, 2.05) is 0 Å². The highest BCUT2D eigenvalue weighted by Crippen LogP contribution is 2.18. The van der Waals surface area contributed by atoms with Crippen molar-refractivity contribution in [2.75, 3.05) is 13.2 Å². The standard InChI is InChI=1S/C68H128O6/c1-4-7-10-13-16-19-22-25-28-30-31-32-33-34-35-36-37-38-41-43-46-49-52-55-58-61-67(70)73-64-65(63-72-66(69)60-57-54-51-48-45-42-39-27-24-21-18-15-12-9-6-3)74-68(71)62-59-56-53-50-47-44-40-29-26-23-20-17-14-11-8-5-2/h29-31,40,65H,4-28,32-39,41-64H2,1-3H3/b31-30-,40-29-. The van der Waals surface area contributed by atoms with Crippen molar-refractivity contribution in [3.05, 3.63) is 24.3 Å². The van der Waals surface area contributed by atoms with Gasteiger partial charge < -0.3 is 14.2 Å². The maximum atomic E-state index is 12.9. The molecule has 0 heterocycles. The molecule has 0 amide bonds. The Morgan fingerprint density at radius 1 is 0.257 bits per heavy atom. The Bertz CT molecular complexity index is 1190. The van der Waals surface area contributed by atoms with Crippen molar-refractivity contribution in [1.29, 1.82) is 0 Å². The number of hydrogen-bond donors (Lipinski definition) is 0. The fraction of sp³-hybridized carbons (Fsp3) is 0.897. The molecule has 0 bridgehead atoms. The minimum Gasteiger partial charge on any atom is -0.462 e. The predicted molar refractivity (Wildman–Crippen MR) is 321 cm³/mol. The first-order chi connectivity index (χ1) is 36.5. The van der Waals surface area contributed by atoms with Crippen molar-refractivity contribution < 1.29 is 28.6 Å². The molecule has 74 heavy (non-hydrogen) atoms. The Hall–Kier alpha value is -2.11. The largest absolute Gasteiger partial charge is 0.462 e. The van der Waals surface area contributed by atoms with Gasteiger partial charge in [0.05, 0.1) is 0 Å². The van der Waals surface area contributed by atoms with Crippen LogP contribution in [0.1, 0.15) is 374 Å². The van der Waals surface area contributed by atoms with Crippen LogP contribution in [0.25, 0.3) is 0 Å². The molecule has 436 valence electrons. The number of carbonyl (C=O) groups is 3. The van der Waals surface area contributed by atoms with Gasteiger partial charge in [-0.3, -0.25) is 14.4 Å². The lowest BCUT2D eigenvalue weighted by molar-refractivity contribution is -0.167. The van der Waals surface area contributed by atoms with Gasteiger partial charge >= 0.3 is 17.9 Å². The molecule has 1 atom stereocenters. The number of allylic oxidation sites excluding steroid dienone is 4. The lowest BCUT2D eigenvalue weighted by atomic mass is 10.0. The molecule has 0 aliphatic heterocycles. The quantitative estimate of drug-likeness (QED) is 0.0261. The SMILES string of the molecule is CCCCCCCCC/C=C\CCCCCCCC(=O)OC(COC(=O)CCCCCCCCCCCCCCC/C=C\CCCCCCCCCC)COC(=O)CCCCCCCCCCCCCCCCC. The van der Waals surface area contributed by atoms with Gasteiger partial charge in [-0.2, -0.15) is 0 Å². The van der Waals surface area contributed by atoms with E-state index >= 15 is 0 Å². The van der Waals surface area contributed by atoms with Gasteiger partial charge in [-0.05, 0) is 70.6 Å². The molecule has 0 aromatic rings. The van der Waals surface area contributed by atoms with Crippen molar-refractivity contribution in [3.8, 4) is 0 Å². The van der Waals surface area contributed by atoms with Gasteiger partial charge in [0.15, 0.2) is 6.10 Å². The lowest BCUT2D eigenvalue weighted by Gasteiger charge is -2.18. The second kappa shape index (κ2) is 63.4. The number of hydrogen-bond acceptors (Lipinski definition) is 6. The van der Waals surface area contributed by atoms with Crippen molar-refractivity contribution in [3.63, 3.8) is 0 Å². The summed E-state index contributed by atoms with van der Waals surface area (Å²) < 4.78 is 17.0. The normalized spacial score (nSPS) is 12.1. The number of unbranched alkanes of at least 4 members (excludes halogenated alkanes) is 47. The third-order valence-corrected chi connectivity index (χ3v) is 15.2. The second-order valence-electron chi connectivity index (χ2n) is 22.7. The van der Waals surface area contributed by atoms with E-state index in [4.69, 9.17) is 14.2 Å². The Balaban J connectivity index is 4.25. The van der Waals surface area contributed by atoms with Crippen LogP contribution in [-0.2, 0) is 28.6 Å². The third-order valence-electron chi connectivity index (χ3n) is 15.2. The van der Waals surface area contributed by atoms with E-state index in [1.165, 1.54) is 270 Å². The molecule has 0 saturated carbocycles. The van der Waals surface area contributed by atoms with Crippen molar-refractivity contribution in [2.45, 2.75) is 380 Å². The van der Waals surface area contributed by atoms with Crippen LogP contribution in [0.15, 0.2) is 24.3 Å². The van der Waals surface area contributed by atoms with E-state index < -0.39 is 6.10 Å². The first-order valence-electron chi connectivity index (χ1n) is 33.3. The van der Waals surface area contributed by atoms with Crippen LogP contribution in [0.3, 0.4) is 0 Å². The predicted octanol–water partition coefficient (Wildman–Crippen LogP) is 22.6. The molecule has 0 fully saturated rings. The first kappa shape index (κ1) is 71.9. The smallest absolute Gasteiger partial charge is 0.306 e. The topological polar surface area (TPSA) is 78.9 Å². The molecule has 6 nitrogen and oxygen atoms in total. The summed E-state index contributed by atoms with van der Waals surface area (Å²) in [5, 5.41) is 0. The molecule has 0 aliphatic carbocycles. The van der Waals surface area contributed by atoms with Gasteiger partial charge in [0, 0.05) is 19.3 Å². The van der Waals surface area contributed by atoms with Gasteiger partial charge in [0.1, 0.15) is 13.2 Å². The zero-order valence-electron chi connectivity index (χ0n) is 50.1. The van der Waals surface area contributed by atoms with E-state index in [-0.39, 0.29) is 31.1 Å². The second-order valence-corrected chi connectivity index (χ2v) is 22.7. The first-order valence-corrected chi connectivity index (χ1v) is 33.3. The summed E-state index contributed by atoms with van der Waals surface area (Å²) in [4.78, 5) is 38.3. The van der Waals surface area contributed by atoms with Crippen LogP contribution >= 0.6 is 0 Å². The highest BCUT2D eigenvalue weighted by atomic mass is 16.6. The monoisotopic (exact) mass is 1040 g/mol. The fourth-order valence-electron chi connectivity index (χ4n) is 10.1. The van der Waals surface area contributed by atoms with Crippen molar-refractivity contribution in [1.82, 2.24) is 0 Å². The maximum Gasteiger partial charge on any atom is 0.306 e. The minimum atomic E-state index is -0.772. The van der Waals surface area contributed by atoms with Crippen LogP contribution in [-0.4, -0.2) is 37.2 Å². The molecule has 0 N–H and O–H groups in total. The van der Waals surface area contributed by atoms with Crippen molar-refractivity contribution >= 4 is 17.9 Å². The Labute approximate surface area is 462 Å². The summed E-state index contributed by atoms with van der Waals surface area (Å²) in [5.74, 6) is -0.850. The fourth-order valence-corrected chi connectivity index (χ4v) is 10.1. The molecule has 0 saturated heterocycles. The molecule has 0 spiro atoms. The highest BCUT2D eigenvalue weighted by Gasteiger charge is 2.19. The average molecular weight is 1040 g/mol. The molecule has 0 aliphatic rings. The molecule has 0 radical (unpaired) electrons. The van der Waals surface area contributed by atoms with E-state index in [2.05, 4.69) is 45.1 Å². The van der Waals surface area contributed by atoms with Crippen LogP contribution < -0.4 is 0 Å². The minimum absolute atomic E-state index is 0.0691. The zero-order valence-corrected chi connectivity index (χ0v) is 50.1. The summed E-state index contributed by atoms with van der Waals surface area (Å²) in [6.07, 6.45) is 76.2. The number of ether oxygens (including phenoxy) is 3. The summed E-state index contributed by atoms with van der Waals surface area (Å²) in [6.45, 7) is 6.70. The van der Waals surface area contributed by atoms with E-state index in [9.17, 15) is 14.4 Å². The zero-order chi connectivity index (χ0) is 53.6. The van der Waals surface area contributed by atoms with Crippen LogP contribution in [0.4, 0.5) is 0 Å². The Morgan fingerprint density at radius 3 is 0.676 bits per heavy atom. The highest BCUT2D eigenvalue weighted by molar-refractivity contribution is 5.71. The van der Waals surface area contributed by atoms with Crippen LogP contribution in [0.5, 0.6) is 0 Å². The summed E-state index contributed by atoms with van der Waals surface area (Å²) in [6, 6.07) is 0. The number of carbonyl (C=O) groups excluding carboxylic acids is 3. The van der Waals surface area contributed by atoms with Gasteiger partial charge in [-0.25, -0.2) is 0 Å². The average Bonchev–Trinajstić information content (AvgIpc) is 3.40. The molecule has 0 aromatic heterocycles.